The fourth-order valence-corrected chi connectivity index (χ4v) is 7.30. The molecule has 0 spiro atoms. The van der Waals surface area contributed by atoms with E-state index in [1.807, 2.05) is 48.5 Å². The standard InChI is InChI=1S/C16H19NO4.2C16H22O4.C8H12O2/c1-20-15-7-6-14(8-13(15)9-17)21-16(19)12-4-2-11(10-18)3-5-12;2*1-3-16(17)20-13-7-5-4-6-12-19-15-10-8-14(18-2)9-11-15;9-5-7-1-2-8(6-10)4-3-7/h6-12,17H,2-5H2,1H3;2*3,8-11H,1,4-7,12-13H2,2H3;5-8H,1-4H2. The zero-order valence-corrected chi connectivity index (χ0v) is 41.9. The molecule has 71 heavy (non-hydrogen) atoms. The smallest absolute Gasteiger partial charge is 0.330 e. The van der Waals surface area contributed by atoms with Gasteiger partial charge in [-0.1, -0.05) is 13.2 Å². The topological polar surface area (TPSA) is 200 Å². The number of aldehydes is 3. The van der Waals surface area contributed by atoms with Crippen molar-refractivity contribution in [2.75, 3.05) is 47.8 Å². The van der Waals surface area contributed by atoms with Gasteiger partial charge < -0.3 is 57.7 Å². The van der Waals surface area contributed by atoms with E-state index >= 15 is 0 Å². The molecule has 0 heterocycles. The van der Waals surface area contributed by atoms with Gasteiger partial charge in [0.25, 0.3) is 0 Å². The molecule has 0 radical (unpaired) electrons. The fraction of sp³-hybridized carbons (Fsp3) is 0.482. The van der Waals surface area contributed by atoms with Crippen molar-refractivity contribution in [1.82, 2.24) is 0 Å². The van der Waals surface area contributed by atoms with Crippen LogP contribution in [0.25, 0.3) is 0 Å². The Labute approximate surface area is 420 Å². The first kappa shape index (κ1) is 60.4. The predicted molar refractivity (Wildman–Crippen MR) is 272 cm³/mol. The second-order valence-electron chi connectivity index (χ2n) is 16.8. The van der Waals surface area contributed by atoms with Crippen LogP contribution in [0, 0.1) is 29.1 Å². The van der Waals surface area contributed by atoms with E-state index in [0.29, 0.717) is 56.3 Å². The Hall–Kier alpha value is -6.77. The maximum absolute atomic E-state index is 12.1. The van der Waals surface area contributed by atoms with Crippen LogP contribution in [0.2, 0.25) is 0 Å². The average Bonchev–Trinajstić information content (AvgIpc) is 3.42. The van der Waals surface area contributed by atoms with E-state index in [2.05, 4.69) is 13.2 Å². The van der Waals surface area contributed by atoms with Crippen molar-refractivity contribution in [2.24, 2.45) is 23.7 Å². The van der Waals surface area contributed by atoms with Crippen LogP contribution in [0.3, 0.4) is 0 Å². The third kappa shape index (κ3) is 26.7. The molecule has 0 unspecified atom stereocenters. The van der Waals surface area contributed by atoms with Gasteiger partial charge in [0.1, 0.15) is 53.4 Å². The Balaban J connectivity index is 0.000000333. The first-order valence-corrected chi connectivity index (χ1v) is 24.4. The summed E-state index contributed by atoms with van der Waals surface area (Å²) in [6.45, 7) is 8.99. The molecule has 5 rings (SSSR count). The first-order valence-electron chi connectivity index (χ1n) is 24.4. The summed E-state index contributed by atoms with van der Waals surface area (Å²) in [5, 5.41) is 7.33. The molecule has 0 aromatic heterocycles. The van der Waals surface area contributed by atoms with Gasteiger partial charge in [-0.25, -0.2) is 9.59 Å². The molecule has 15 nitrogen and oxygen atoms in total. The third-order valence-corrected chi connectivity index (χ3v) is 11.6. The SMILES string of the molecule is C=CC(=O)OCCCCCCOc1ccc(OC)cc1.C=CC(=O)OCCCCCCOc1ccc(OC)cc1.COc1ccc(OC(=O)C2CCC(C=O)CC2)cc1C=N.O=CC1CCC(C=O)CC1. The number of unbranched alkanes of at least 4 members (excludes halogenated alkanes) is 6. The number of ether oxygens (including phenoxy) is 8. The van der Waals surface area contributed by atoms with E-state index in [1.165, 1.54) is 19.3 Å². The molecule has 2 aliphatic rings. The fourth-order valence-electron chi connectivity index (χ4n) is 7.30. The van der Waals surface area contributed by atoms with E-state index in [4.69, 9.17) is 43.3 Å². The largest absolute Gasteiger partial charge is 0.497 e. The van der Waals surface area contributed by atoms with Gasteiger partial charge in [0.2, 0.25) is 0 Å². The van der Waals surface area contributed by atoms with Crippen LogP contribution in [0.5, 0.6) is 34.5 Å². The lowest BCUT2D eigenvalue weighted by Gasteiger charge is -2.23. The van der Waals surface area contributed by atoms with Gasteiger partial charge in [-0.2, -0.15) is 0 Å². The number of hydrogen-bond donors (Lipinski definition) is 1. The molecule has 388 valence electrons. The van der Waals surface area contributed by atoms with Crippen molar-refractivity contribution >= 4 is 43.0 Å². The summed E-state index contributed by atoms with van der Waals surface area (Å²) in [7, 11) is 4.81. The maximum Gasteiger partial charge on any atom is 0.330 e. The molecule has 0 atom stereocenters. The molecule has 0 bridgehead atoms. The van der Waals surface area contributed by atoms with E-state index in [0.717, 1.165) is 138 Å². The van der Waals surface area contributed by atoms with Crippen molar-refractivity contribution in [2.45, 2.75) is 103 Å². The van der Waals surface area contributed by atoms with Gasteiger partial charge in [-0.3, -0.25) is 4.79 Å². The number of hydrogen-bond acceptors (Lipinski definition) is 15. The number of methoxy groups -OCH3 is 3. The minimum atomic E-state index is -0.354. The highest BCUT2D eigenvalue weighted by molar-refractivity contribution is 5.83. The Kier molecular flexibility index (Phi) is 32.3. The van der Waals surface area contributed by atoms with Gasteiger partial charge in [0.05, 0.1) is 53.7 Å². The molecule has 1 N–H and O–H groups in total. The molecular formula is C56H75NO14. The lowest BCUT2D eigenvalue weighted by atomic mass is 9.83. The van der Waals surface area contributed by atoms with Crippen LogP contribution in [0.4, 0.5) is 0 Å². The number of benzene rings is 3. The van der Waals surface area contributed by atoms with E-state index in [-0.39, 0.29) is 41.6 Å². The van der Waals surface area contributed by atoms with Gasteiger partial charge >= 0.3 is 17.9 Å². The summed E-state index contributed by atoms with van der Waals surface area (Å²) >= 11 is 0. The Morgan fingerprint density at radius 1 is 0.507 bits per heavy atom. The van der Waals surface area contributed by atoms with Gasteiger partial charge in [-0.05, 0) is 169 Å². The van der Waals surface area contributed by atoms with Crippen molar-refractivity contribution in [1.29, 1.82) is 5.41 Å². The first-order chi connectivity index (χ1) is 34.6. The Morgan fingerprint density at radius 2 is 0.873 bits per heavy atom. The monoisotopic (exact) mass is 986 g/mol. The third-order valence-electron chi connectivity index (χ3n) is 11.6. The highest BCUT2D eigenvalue weighted by Crippen LogP contribution is 2.30. The predicted octanol–water partition coefficient (Wildman–Crippen LogP) is 10.5. The second-order valence-corrected chi connectivity index (χ2v) is 16.8. The molecule has 2 aliphatic carbocycles. The van der Waals surface area contributed by atoms with Gasteiger partial charge in [0.15, 0.2) is 0 Å². The minimum absolute atomic E-state index is 0.0829. The Morgan fingerprint density at radius 3 is 1.23 bits per heavy atom. The highest BCUT2D eigenvalue weighted by atomic mass is 16.5. The quantitative estimate of drug-likeness (QED) is 0.0189. The average molecular weight is 986 g/mol. The van der Waals surface area contributed by atoms with Crippen LogP contribution in [-0.2, 0) is 38.2 Å². The normalized spacial score (nSPS) is 16.5. The number of carbonyl (C=O) groups is 6. The van der Waals surface area contributed by atoms with Gasteiger partial charge in [0, 0.05) is 41.7 Å². The number of rotatable bonds is 27. The molecule has 2 saturated carbocycles. The summed E-state index contributed by atoms with van der Waals surface area (Å²) in [4.78, 5) is 64.9. The highest BCUT2D eigenvalue weighted by Gasteiger charge is 2.27. The zero-order chi connectivity index (χ0) is 51.9. The minimum Gasteiger partial charge on any atom is -0.497 e. The molecule has 3 aromatic carbocycles. The number of esters is 3. The van der Waals surface area contributed by atoms with Crippen LogP contribution < -0.4 is 28.4 Å². The van der Waals surface area contributed by atoms with Gasteiger partial charge in [-0.15, -0.1) is 0 Å². The number of carbonyl (C=O) groups excluding carboxylic acids is 6. The van der Waals surface area contributed by atoms with Crippen molar-refractivity contribution in [3.63, 3.8) is 0 Å². The summed E-state index contributed by atoms with van der Waals surface area (Å²) in [6, 6.07) is 20.0. The summed E-state index contributed by atoms with van der Waals surface area (Å²) in [5.74, 6) is 3.77. The zero-order valence-electron chi connectivity index (χ0n) is 41.9. The molecule has 2 fully saturated rings. The maximum atomic E-state index is 12.1. The summed E-state index contributed by atoms with van der Waals surface area (Å²) in [6.07, 6.45) is 20.9. The van der Waals surface area contributed by atoms with Crippen molar-refractivity contribution < 1.29 is 66.7 Å². The Bertz CT molecular complexity index is 1910. The van der Waals surface area contributed by atoms with Crippen LogP contribution >= 0.6 is 0 Å². The lowest BCUT2D eigenvalue weighted by Crippen LogP contribution is -2.26. The second kappa shape index (κ2) is 38.0. The molecule has 0 amide bonds. The van der Waals surface area contributed by atoms with E-state index < -0.39 is 0 Å². The van der Waals surface area contributed by atoms with Crippen LogP contribution in [0.1, 0.15) is 108 Å². The molecule has 3 aromatic rings. The van der Waals surface area contributed by atoms with Crippen molar-refractivity contribution in [3.8, 4) is 34.5 Å². The molecule has 0 saturated heterocycles. The molecule has 0 aliphatic heterocycles. The van der Waals surface area contributed by atoms with E-state index in [1.54, 1.807) is 32.4 Å². The lowest BCUT2D eigenvalue weighted by molar-refractivity contribution is -0.141. The summed E-state index contributed by atoms with van der Waals surface area (Å²) < 4.78 is 41.6. The summed E-state index contributed by atoms with van der Waals surface area (Å²) in [5.41, 5.74) is 0.562. The molecular weight excluding hydrogens is 911 g/mol. The van der Waals surface area contributed by atoms with Crippen LogP contribution in [-0.4, -0.2) is 90.7 Å². The molecule has 15 heteroatoms. The van der Waals surface area contributed by atoms with E-state index in [9.17, 15) is 28.8 Å². The van der Waals surface area contributed by atoms with Crippen LogP contribution in [0.15, 0.2) is 92.0 Å². The number of nitrogens with one attached hydrogen (secondary N) is 1. The van der Waals surface area contributed by atoms with Crippen molar-refractivity contribution in [3.05, 3.63) is 97.6 Å².